The summed E-state index contributed by atoms with van der Waals surface area (Å²) in [7, 11) is 0. The van der Waals surface area contributed by atoms with Crippen LogP contribution >= 0.6 is 0 Å². The van der Waals surface area contributed by atoms with Crippen molar-refractivity contribution in [2.75, 3.05) is 32.8 Å². The highest BCUT2D eigenvalue weighted by Crippen LogP contribution is 2.39. The summed E-state index contributed by atoms with van der Waals surface area (Å²) >= 11 is 0. The third kappa shape index (κ3) is 6.93. The molecule has 43 heavy (non-hydrogen) atoms. The van der Waals surface area contributed by atoms with Gasteiger partial charge in [0.15, 0.2) is 0 Å². The van der Waals surface area contributed by atoms with Crippen LogP contribution in [-0.2, 0) is 11.3 Å². The van der Waals surface area contributed by atoms with Crippen LogP contribution in [0.1, 0.15) is 82.5 Å². The number of aromatic amines is 1. The number of aromatic nitrogens is 1. The number of amides is 1. The molecule has 2 aliphatic rings. The fourth-order valence-corrected chi connectivity index (χ4v) is 7.05. The zero-order valence-electron chi connectivity index (χ0n) is 26.1. The van der Waals surface area contributed by atoms with Crippen molar-refractivity contribution >= 4 is 5.91 Å². The van der Waals surface area contributed by atoms with E-state index in [1.807, 2.05) is 32.9 Å². The van der Waals surface area contributed by atoms with E-state index >= 15 is 0 Å². The molecular formula is C35H47N5O3. The van der Waals surface area contributed by atoms with Crippen LogP contribution in [0.4, 0.5) is 0 Å². The number of nitrogens with zero attached hydrogens (tertiary/aromatic N) is 2. The molecule has 1 aliphatic carbocycles. The van der Waals surface area contributed by atoms with Crippen molar-refractivity contribution in [3.8, 4) is 11.1 Å². The number of pyridine rings is 1. The summed E-state index contributed by atoms with van der Waals surface area (Å²) in [6.45, 7) is 13.1. The van der Waals surface area contributed by atoms with Gasteiger partial charge in [0.1, 0.15) is 0 Å². The fraction of sp³-hybridized carbons (Fsp3) is 0.486. The predicted molar refractivity (Wildman–Crippen MR) is 172 cm³/mol. The zero-order valence-corrected chi connectivity index (χ0v) is 26.1. The molecular weight excluding hydrogens is 538 g/mol. The van der Waals surface area contributed by atoms with Gasteiger partial charge in [-0.2, -0.15) is 0 Å². The molecule has 1 amide bonds. The smallest absolute Gasteiger partial charge is 0.253 e. The van der Waals surface area contributed by atoms with Crippen molar-refractivity contribution in [1.82, 2.24) is 14.8 Å². The van der Waals surface area contributed by atoms with Gasteiger partial charge in [-0.15, -0.1) is 0 Å². The minimum Gasteiger partial charge on any atom is -0.379 e. The second kappa shape index (κ2) is 13.6. The number of morpholine rings is 1. The average Bonchev–Trinajstić information content (AvgIpc) is 2.98. The third-order valence-corrected chi connectivity index (χ3v) is 9.40. The maximum absolute atomic E-state index is 13.7. The van der Waals surface area contributed by atoms with Crippen LogP contribution in [0.25, 0.3) is 11.1 Å². The molecule has 2 aromatic carbocycles. The van der Waals surface area contributed by atoms with Gasteiger partial charge >= 0.3 is 0 Å². The van der Waals surface area contributed by atoms with Crippen LogP contribution < -0.4 is 17.0 Å². The lowest BCUT2D eigenvalue weighted by molar-refractivity contribution is 0.0342. The molecule has 0 radical (unpaired) electrons. The van der Waals surface area contributed by atoms with E-state index in [-0.39, 0.29) is 23.7 Å². The topological polar surface area (TPSA) is 118 Å². The largest absolute Gasteiger partial charge is 0.379 e. The number of primary amides is 1. The van der Waals surface area contributed by atoms with Crippen molar-refractivity contribution in [3.63, 3.8) is 0 Å². The highest BCUT2D eigenvalue weighted by molar-refractivity contribution is 5.96. The number of hydrogen-bond donors (Lipinski definition) is 3. The van der Waals surface area contributed by atoms with Gasteiger partial charge in [-0.1, -0.05) is 31.2 Å². The Hall–Kier alpha value is -3.30. The predicted octanol–water partition coefficient (Wildman–Crippen LogP) is 4.58. The number of nitrogens with two attached hydrogens (primary N) is 2. The Morgan fingerprint density at radius 1 is 1.02 bits per heavy atom. The van der Waals surface area contributed by atoms with Crippen LogP contribution in [0, 0.1) is 20.8 Å². The first-order valence-corrected chi connectivity index (χ1v) is 15.7. The maximum atomic E-state index is 13.7. The number of H-pyrrole nitrogens is 1. The van der Waals surface area contributed by atoms with Gasteiger partial charge in [0.25, 0.3) is 5.56 Å². The molecule has 1 aliphatic heterocycles. The second-order valence-corrected chi connectivity index (χ2v) is 12.4. The lowest BCUT2D eigenvalue weighted by Crippen LogP contribution is -2.45. The minimum absolute atomic E-state index is 0.0913. The number of hydrogen-bond acceptors (Lipinski definition) is 6. The Morgan fingerprint density at radius 3 is 2.30 bits per heavy atom. The van der Waals surface area contributed by atoms with Crippen LogP contribution in [0.15, 0.2) is 47.3 Å². The van der Waals surface area contributed by atoms with E-state index in [0.29, 0.717) is 5.56 Å². The normalized spacial score (nSPS) is 20.3. The molecule has 8 nitrogen and oxygen atoms in total. The summed E-state index contributed by atoms with van der Waals surface area (Å²) in [5.41, 5.74) is 20.1. The Kier molecular flexibility index (Phi) is 9.82. The van der Waals surface area contributed by atoms with Gasteiger partial charge in [-0.25, -0.2) is 0 Å². The first-order chi connectivity index (χ1) is 20.7. The van der Waals surface area contributed by atoms with Crippen LogP contribution in [0.2, 0.25) is 0 Å². The van der Waals surface area contributed by atoms with Gasteiger partial charge < -0.3 is 21.2 Å². The number of carbonyl (C=O) groups excluding carboxylic acids is 1. The van der Waals surface area contributed by atoms with E-state index in [9.17, 15) is 9.59 Å². The highest BCUT2D eigenvalue weighted by Gasteiger charge is 2.34. The summed E-state index contributed by atoms with van der Waals surface area (Å²) in [6, 6.07) is 14.8. The lowest BCUT2D eigenvalue weighted by atomic mass is 9.83. The Balaban J connectivity index is 1.62. The van der Waals surface area contributed by atoms with Crippen molar-refractivity contribution in [1.29, 1.82) is 0 Å². The fourth-order valence-electron chi connectivity index (χ4n) is 7.05. The SMILES string of the molecule is CCN(C1CCC(N)CC1)C(c1cc(-c2ccc(CN3CCOCC3)cc2)cc(C(N)=O)c1C)c1c(C)cc(C)[nH]c1=O. The summed E-state index contributed by atoms with van der Waals surface area (Å²) < 4.78 is 5.50. The summed E-state index contributed by atoms with van der Waals surface area (Å²) in [5.74, 6) is -0.468. The van der Waals surface area contributed by atoms with Crippen LogP contribution in [0.5, 0.6) is 0 Å². The maximum Gasteiger partial charge on any atom is 0.253 e. The molecule has 8 heteroatoms. The van der Waals surface area contributed by atoms with Crippen LogP contribution in [0.3, 0.4) is 0 Å². The van der Waals surface area contributed by atoms with Gasteiger partial charge in [0, 0.05) is 48.5 Å². The number of benzene rings is 2. The molecule has 1 aromatic heterocycles. The number of carbonyl (C=O) groups is 1. The Morgan fingerprint density at radius 2 is 1.70 bits per heavy atom. The summed E-state index contributed by atoms with van der Waals surface area (Å²) in [6.07, 6.45) is 3.86. The quantitative estimate of drug-likeness (QED) is 0.339. The molecule has 2 fully saturated rings. The lowest BCUT2D eigenvalue weighted by Gasteiger charge is -2.41. The van der Waals surface area contributed by atoms with Gasteiger partial charge in [0.2, 0.25) is 5.91 Å². The first-order valence-electron chi connectivity index (χ1n) is 15.7. The first kappa shape index (κ1) is 31.1. The number of rotatable bonds is 9. The standard InChI is InChI=1S/C35H47N5O3/c1-5-40(29-12-10-28(36)11-13-29)33(32-22(2)18-23(3)38-35(32)42)30-19-27(20-31(24(30)4)34(37)41)26-8-6-25(7-9-26)21-39-14-16-43-17-15-39/h6-9,18-20,28-29,33H,5,10-17,21,36H2,1-4H3,(H2,37,41)(H,38,42). The average molecular weight is 586 g/mol. The van der Waals surface area contributed by atoms with Gasteiger partial charge in [-0.3, -0.25) is 19.4 Å². The Labute approximate surface area is 255 Å². The highest BCUT2D eigenvalue weighted by atomic mass is 16.5. The number of aryl methyl sites for hydroxylation is 2. The van der Waals surface area contributed by atoms with Gasteiger partial charge in [0.05, 0.1) is 19.3 Å². The molecule has 1 atom stereocenters. The number of nitrogens with one attached hydrogen (secondary N) is 1. The van der Waals surface area contributed by atoms with E-state index < -0.39 is 5.91 Å². The van der Waals surface area contributed by atoms with E-state index in [4.69, 9.17) is 16.2 Å². The molecule has 1 unspecified atom stereocenters. The monoisotopic (exact) mass is 585 g/mol. The van der Waals surface area contributed by atoms with Crippen LogP contribution in [-0.4, -0.2) is 65.6 Å². The second-order valence-electron chi connectivity index (χ2n) is 12.4. The molecule has 230 valence electrons. The summed E-state index contributed by atoms with van der Waals surface area (Å²) in [5, 5.41) is 0. The van der Waals surface area contributed by atoms with Crippen molar-refractivity contribution in [2.45, 2.75) is 78.0 Å². The molecule has 1 saturated heterocycles. The molecule has 0 bridgehead atoms. The summed E-state index contributed by atoms with van der Waals surface area (Å²) in [4.78, 5) is 34.5. The van der Waals surface area contributed by atoms with Crippen molar-refractivity contribution in [2.24, 2.45) is 11.5 Å². The minimum atomic E-state index is -0.468. The van der Waals surface area contributed by atoms with Crippen molar-refractivity contribution < 1.29 is 9.53 Å². The number of ether oxygens (including phenoxy) is 1. The molecule has 0 spiro atoms. The van der Waals surface area contributed by atoms with E-state index in [2.05, 4.69) is 52.0 Å². The van der Waals surface area contributed by atoms with E-state index in [1.54, 1.807) is 0 Å². The van der Waals surface area contributed by atoms with E-state index in [1.165, 1.54) is 5.56 Å². The molecule has 5 N–H and O–H groups in total. The zero-order chi connectivity index (χ0) is 30.7. The third-order valence-electron chi connectivity index (χ3n) is 9.40. The van der Waals surface area contributed by atoms with E-state index in [0.717, 1.165) is 104 Å². The molecule has 2 heterocycles. The molecule has 1 saturated carbocycles. The van der Waals surface area contributed by atoms with Crippen molar-refractivity contribution in [3.05, 3.63) is 91.9 Å². The van der Waals surface area contributed by atoms with Gasteiger partial charge in [-0.05, 0) is 105 Å². The molecule has 5 rings (SSSR count). The Bertz CT molecular complexity index is 1480. The molecule has 3 aromatic rings.